The summed E-state index contributed by atoms with van der Waals surface area (Å²) in [6.07, 6.45) is 4.91. The molecule has 1 saturated carbocycles. The molecule has 4 nitrogen and oxygen atoms in total. The molecule has 1 aliphatic carbocycles. The van der Waals surface area contributed by atoms with E-state index in [0.717, 1.165) is 24.8 Å². The Balaban J connectivity index is 2.19. The molecule has 0 bridgehead atoms. The van der Waals surface area contributed by atoms with Crippen molar-refractivity contribution in [1.29, 1.82) is 5.26 Å². The molecule has 0 spiro atoms. The number of rotatable bonds is 3. The van der Waals surface area contributed by atoms with Crippen LogP contribution in [0.3, 0.4) is 0 Å². The lowest BCUT2D eigenvalue weighted by atomic mass is 10.0. The van der Waals surface area contributed by atoms with Crippen molar-refractivity contribution < 1.29 is 5.11 Å². The molecule has 90 valence electrons. The van der Waals surface area contributed by atoms with Crippen molar-refractivity contribution in [2.45, 2.75) is 32.2 Å². The van der Waals surface area contributed by atoms with Gasteiger partial charge in [-0.25, -0.2) is 4.98 Å². The molecule has 1 aromatic heterocycles. The van der Waals surface area contributed by atoms with Gasteiger partial charge in [-0.3, -0.25) is 0 Å². The molecule has 17 heavy (non-hydrogen) atoms. The van der Waals surface area contributed by atoms with E-state index in [9.17, 15) is 5.11 Å². The summed E-state index contributed by atoms with van der Waals surface area (Å²) in [5, 5.41) is 21.7. The largest absolute Gasteiger partial charge is 0.396 e. The predicted octanol–water partition coefficient (Wildman–Crippen LogP) is 1.83. The molecule has 1 aliphatic rings. The van der Waals surface area contributed by atoms with Gasteiger partial charge in [0.25, 0.3) is 0 Å². The third-order valence-corrected chi connectivity index (χ3v) is 3.49. The second-order valence-electron chi connectivity index (χ2n) is 4.59. The Kier molecular flexibility index (Phi) is 3.60. The molecule has 1 heterocycles. The number of anilines is 1. The Bertz CT molecular complexity index is 439. The van der Waals surface area contributed by atoms with Gasteiger partial charge in [-0.2, -0.15) is 5.26 Å². The fraction of sp³-hybridized carbons (Fsp3) is 0.538. The second-order valence-corrected chi connectivity index (χ2v) is 4.59. The fourth-order valence-electron chi connectivity index (χ4n) is 2.43. The van der Waals surface area contributed by atoms with E-state index in [0.29, 0.717) is 11.4 Å². The standard InChI is InChI=1S/C13H17N3O/c1-9-5-6-15-13(11(9)7-14)16-12-4-2-3-10(12)8-17/h5-6,10,12,17H,2-4,8H2,1H3,(H,15,16). The molecule has 4 heteroatoms. The number of nitriles is 1. The summed E-state index contributed by atoms with van der Waals surface area (Å²) in [6.45, 7) is 2.11. The molecule has 2 unspecified atom stereocenters. The Morgan fingerprint density at radius 3 is 3.12 bits per heavy atom. The van der Waals surface area contributed by atoms with E-state index in [2.05, 4.69) is 16.4 Å². The van der Waals surface area contributed by atoms with Crippen molar-refractivity contribution in [3.8, 4) is 6.07 Å². The lowest BCUT2D eigenvalue weighted by Crippen LogP contribution is -2.27. The highest BCUT2D eigenvalue weighted by atomic mass is 16.3. The zero-order valence-corrected chi connectivity index (χ0v) is 9.98. The minimum absolute atomic E-state index is 0.200. The van der Waals surface area contributed by atoms with Crippen molar-refractivity contribution in [3.63, 3.8) is 0 Å². The van der Waals surface area contributed by atoms with Crippen molar-refractivity contribution in [3.05, 3.63) is 23.4 Å². The number of aryl methyl sites for hydroxylation is 1. The summed E-state index contributed by atoms with van der Waals surface area (Å²) in [6, 6.07) is 4.26. The summed E-state index contributed by atoms with van der Waals surface area (Å²) in [7, 11) is 0. The van der Waals surface area contributed by atoms with Gasteiger partial charge in [0.2, 0.25) is 0 Å². The van der Waals surface area contributed by atoms with E-state index in [4.69, 9.17) is 5.26 Å². The van der Waals surface area contributed by atoms with Crippen LogP contribution < -0.4 is 5.32 Å². The first-order valence-corrected chi connectivity index (χ1v) is 5.99. The van der Waals surface area contributed by atoms with Crippen LogP contribution >= 0.6 is 0 Å². The number of aliphatic hydroxyl groups excluding tert-OH is 1. The average molecular weight is 231 g/mol. The Morgan fingerprint density at radius 1 is 1.59 bits per heavy atom. The van der Waals surface area contributed by atoms with E-state index in [1.807, 2.05) is 13.0 Å². The second kappa shape index (κ2) is 5.15. The van der Waals surface area contributed by atoms with E-state index in [1.54, 1.807) is 6.20 Å². The summed E-state index contributed by atoms with van der Waals surface area (Å²) in [5.74, 6) is 0.932. The Labute approximate surface area is 101 Å². The fourth-order valence-corrected chi connectivity index (χ4v) is 2.43. The molecule has 0 aromatic carbocycles. The minimum Gasteiger partial charge on any atom is -0.396 e. The molecule has 2 atom stereocenters. The van der Waals surface area contributed by atoms with Crippen LogP contribution in [0.2, 0.25) is 0 Å². The molecule has 1 fully saturated rings. The molecule has 0 saturated heterocycles. The monoisotopic (exact) mass is 231 g/mol. The molecule has 1 aromatic rings. The molecule has 2 N–H and O–H groups in total. The molecule has 0 radical (unpaired) electrons. The number of pyridine rings is 1. The van der Waals surface area contributed by atoms with Gasteiger partial charge in [-0.15, -0.1) is 0 Å². The number of aliphatic hydroxyl groups is 1. The first kappa shape index (κ1) is 11.9. The van der Waals surface area contributed by atoms with Crippen LogP contribution in [-0.4, -0.2) is 22.7 Å². The molecule has 0 aliphatic heterocycles. The quantitative estimate of drug-likeness (QED) is 0.832. The maximum atomic E-state index is 9.27. The van der Waals surface area contributed by atoms with Crippen LogP contribution in [0.5, 0.6) is 0 Å². The van der Waals surface area contributed by atoms with Gasteiger partial charge in [0.15, 0.2) is 0 Å². The maximum absolute atomic E-state index is 9.27. The molecular weight excluding hydrogens is 214 g/mol. The van der Waals surface area contributed by atoms with Gasteiger partial charge in [0, 0.05) is 24.8 Å². The van der Waals surface area contributed by atoms with Gasteiger partial charge in [0.1, 0.15) is 11.9 Å². The average Bonchev–Trinajstić information content (AvgIpc) is 2.77. The van der Waals surface area contributed by atoms with Crippen molar-refractivity contribution in [2.75, 3.05) is 11.9 Å². The maximum Gasteiger partial charge on any atom is 0.144 e. The lowest BCUT2D eigenvalue weighted by molar-refractivity contribution is 0.222. The van der Waals surface area contributed by atoms with Crippen LogP contribution in [0.15, 0.2) is 12.3 Å². The number of hydrogen-bond donors (Lipinski definition) is 2. The van der Waals surface area contributed by atoms with Gasteiger partial charge < -0.3 is 10.4 Å². The number of aromatic nitrogens is 1. The van der Waals surface area contributed by atoms with E-state index >= 15 is 0 Å². The highest BCUT2D eigenvalue weighted by Crippen LogP contribution is 2.28. The highest BCUT2D eigenvalue weighted by molar-refractivity contribution is 5.55. The van der Waals surface area contributed by atoms with E-state index in [-0.39, 0.29) is 18.6 Å². The first-order valence-electron chi connectivity index (χ1n) is 5.99. The molecular formula is C13H17N3O. The topological polar surface area (TPSA) is 68.9 Å². The number of nitrogens with zero attached hydrogens (tertiary/aromatic N) is 2. The first-order chi connectivity index (χ1) is 8.26. The summed E-state index contributed by atoms with van der Waals surface area (Å²) in [5.41, 5.74) is 1.54. The van der Waals surface area contributed by atoms with Crippen LogP contribution in [0.25, 0.3) is 0 Å². The number of hydrogen-bond acceptors (Lipinski definition) is 4. The van der Waals surface area contributed by atoms with Crippen molar-refractivity contribution >= 4 is 5.82 Å². The minimum atomic E-state index is 0.200. The zero-order valence-electron chi connectivity index (χ0n) is 9.98. The Morgan fingerprint density at radius 2 is 2.41 bits per heavy atom. The van der Waals surface area contributed by atoms with Crippen LogP contribution in [-0.2, 0) is 0 Å². The van der Waals surface area contributed by atoms with Gasteiger partial charge in [0.05, 0.1) is 5.56 Å². The zero-order chi connectivity index (χ0) is 12.3. The van der Waals surface area contributed by atoms with Gasteiger partial charge in [-0.05, 0) is 31.4 Å². The van der Waals surface area contributed by atoms with Crippen molar-refractivity contribution in [1.82, 2.24) is 4.98 Å². The van der Waals surface area contributed by atoms with Crippen molar-refractivity contribution in [2.24, 2.45) is 5.92 Å². The third-order valence-electron chi connectivity index (χ3n) is 3.49. The van der Waals surface area contributed by atoms with Gasteiger partial charge in [-0.1, -0.05) is 6.42 Å². The lowest BCUT2D eigenvalue weighted by Gasteiger charge is -2.20. The highest BCUT2D eigenvalue weighted by Gasteiger charge is 2.27. The van der Waals surface area contributed by atoms with E-state index < -0.39 is 0 Å². The normalized spacial score (nSPS) is 23.4. The molecule has 0 amide bonds. The van der Waals surface area contributed by atoms with Crippen LogP contribution in [0, 0.1) is 24.2 Å². The summed E-state index contributed by atoms with van der Waals surface area (Å²) >= 11 is 0. The Hall–Kier alpha value is -1.60. The third kappa shape index (κ3) is 2.40. The summed E-state index contributed by atoms with van der Waals surface area (Å²) in [4.78, 5) is 4.23. The number of nitrogens with one attached hydrogen (secondary N) is 1. The summed E-state index contributed by atoms with van der Waals surface area (Å²) < 4.78 is 0. The van der Waals surface area contributed by atoms with Crippen LogP contribution in [0.4, 0.5) is 5.82 Å². The van der Waals surface area contributed by atoms with Gasteiger partial charge >= 0.3 is 0 Å². The predicted molar refractivity (Wildman–Crippen MR) is 65.5 cm³/mol. The molecule has 2 rings (SSSR count). The SMILES string of the molecule is Cc1ccnc(NC2CCCC2CO)c1C#N. The smallest absolute Gasteiger partial charge is 0.144 e. The van der Waals surface area contributed by atoms with E-state index in [1.165, 1.54) is 0 Å². The van der Waals surface area contributed by atoms with Crippen LogP contribution in [0.1, 0.15) is 30.4 Å².